The second kappa shape index (κ2) is 5.80. The highest BCUT2D eigenvalue weighted by Crippen LogP contribution is 2.16. The molecule has 0 amide bonds. The molecule has 0 aliphatic heterocycles. The Balaban J connectivity index is 1.96. The van der Waals surface area contributed by atoms with E-state index < -0.39 is 0 Å². The number of aromatic nitrogens is 1. The predicted octanol–water partition coefficient (Wildman–Crippen LogP) is 2.53. The number of ether oxygens (including phenoxy) is 1. The third-order valence-corrected chi connectivity index (χ3v) is 3.21. The van der Waals surface area contributed by atoms with Gasteiger partial charge in [-0.2, -0.15) is 0 Å². The largest absolute Gasteiger partial charge is 0.487 e. The molecule has 0 saturated heterocycles. The molecule has 1 aromatic carbocycles. The van der Waals surface area contributed by atoms with Crippen molar-refractivity contribution >= 4 is 11.3 Å². The average Bonchev–Trinajstić information content (AvgIpc) is 2.74. The van der Waals surface area contributed by atoms with Crippen LogP contribution in [0.3, 0.4) is 0 Å². The number of nitrogens with zero attached hydrogens (tertiary/aromatic N) is 1. The maximum atomic E-state index is 5.70. The minimum atomic E-state index is 0.524. The van der Waals surface area contributed by atoms with E-state index in [1.54, 1.807) is 11.3 Å². The summed E-state index contributed by atoms with van der Waals surface area (Å²) in [5.74, 6) is 0.876. The maximum absolute atomic E-state index is 5.70. The van der Waals surface area contributed by atoms with E-state index in [9.17, 15) is 0 Å². The Morgan fingerprint density at radius 3 is 3.00 bits per heavy atom. The van der Waals surface area contributed by atoms with Crippen LogP contribution in [-0.4, -0.2) is 11.5 Å². The van der Waals surface area contributed by atoms with Crippen molar-refractivity contribution in [2.75, 3.05) is 6.54 Å². The van der Waals surface area contributed by atoms with Crippen molar-refractivity contribution in [3.05, 3.63) is 45.9 Å². The Labute approximate surface area is 105 Å². The molecule has 2 aromatic rings. The molecule has 0 saturated carbocycles. The normalized spacial score (nSPS) is 10.5. The fourth-order valence-corrected chi connectivity index (χ4v) is 2.19. The summed E-state index contributed by atoms with van der Waals surface area (Å²) in [5.41, 5.74) is 7.72. The number of nitrogens with two attached hydrogens (primary N) is 1. The summed E-state index contributed by atoms with van der Waals surface area (Å²) in [7, 11) is 0. The van der Waals surface area contributed by atoms with Crippen LogP contribution in [0.25, 0.3) is 0 Å². The number of hydrogen-bond acceptors (Lipinski definition) is 4. The van der Waals surface area contributed by atoms with Crippen molar-refractivity contribution < 1.29 is 4.74 Å². The van der Waals surface area contributed by atoms with Crippen LogP contribution in [-0.2, 0) is 13.0 Å². The predicted molar refractivity (Wildman–Crippen MR) is 70.4 cm³/mol. The third kappa shape index (κ3) is 3.54. The Morgan fingerprint density at radius 1 is 1.41 bits per heavy atom. The summed E-state index contributed by atoms with van der Waals surface area (Å²) in [5, 5.41) is 3.10. The van der Waals surface area contributed by atoms with Crippen molar-refractivity contribution in [3.63, 3.8) is 0 Å². The monoisotopic (exact) mass is 248 g/mol. The smallest absolute Gasteiger partial charge is 0.131 e. The van der Waals surface area contributed by atoms with Gasteiger partial charge in [0.1, 0.15) is 12.4 Å². The molecule has 0 unspecified atom stereocenters. The van der Waals surface area contributed by atoms with Crippen LogP contribution in [0.4, 0.5) is 0 Å². The first kappa shape index (κ1) is 12.1. The van der Waals surface area contributed by atoms with Gasteiger partial charge < -0.3 is 10.5 Å². The molecule has 0 aliphatic carbocycles. The van der Waals surface area contributed by atoms with E-state index in [0.29, 0.717) is 13.2 Å². The Morgan fingerprint density at radius 2 is 2.29 bits per heavy atom. The lowest BCUT2D eigenvalue weighted by molar-refractivity contribution is 0.301. The quantitative estimate of drug-likeness (QED) is 0.884. The van der Waals surface area contributed by atoms with E-state index in [2.05, 4.69) is 11.1 Å². The molecule has 17 heavy (non-hydrogen) atoms. The summed E-state index contributed by atoms with van der Waals surface area (Å²) in [4.78, 5) is 4.36. The second-order valence-corrected chi connectivity index (χ2v) is 4.89. The fourth-order valence-electron chi connectivity index (χ4n) is 1.59. The lowest BCUT2D eigenvalue weighted by Crippen LogP contribution is -2.03. The number of thiazole rings is 1. The minimum absolute atomic E-state index is 0.524. The molecule has 1 aromatic heterocycles. The SMILES string of the molecule is Cc1nc(COc2cccc(CCN)c2)cs1. The van der Waals surface area contributed by atoms with Crippen molar-refractivity contribution in [2.24, 2.45) is 5.73 Å². The number of rotatable bonds is 5. The molecule has 3 nitrogen and oxygen atoms in total. The summed E-state index contributed by atoms with van der Waals surface area (Å²) in [6.45, 7) is 3.18. The van der Waals surface area contributed by atoms with Gasteiger partial charge in [0.15, 0.2) is 0 Å². The fraction of sp³-hybridized carbons (Fsp3) is 0.308. The van der Waals surface area contributed by atoms with Gasteiger partial charge in [0.05, 0.1) is 10.7 Å². The number of aryl methyl sites for hydroxylation is 1. The van der Waals surface area contributed by atoms with Gasteiger partial charge in [-0.1, -0.05) is 12.1 Å². The highest BCUT2D eigenvalue weighted by atomic mass is 32.1. The van der Waals surface area contributed by atoms with Crippen LogP contribution in [0, 0.1) is 6.92 Å². The zero-order chi connectivity index (χ0) is 12.1. The molecule has 90 valence electrons. The molecule has 2 N–H and O–H groups in total. The van der Waals surface area contributed by atoms with Crippen LogP contribution in [0.15, 0.2) is 29.6 Å². The van der Waals surface area contributed by atoms with Gasteiger partial charge in [0.25, 0.3) is 0 Å². The standard InChI is InChI=1S/C13H16N2OS/c1-10-15-12(9-17-10)8-16-13-4-2-3-11(7-13)5-6-14/h2-4,7,9H,5-6,8,14H2,1H3. The van der Waals surface area contributed by atoms with Gasteiger partial charge in [0, 0.05) is 5.38 Å². The van der Waals surface area contributed by atoms with E-state index in [1.165, 1.54) is 5.56 Å². The Bertz CT molecular complexity index is 482. The summed E-state index contributed by atoms with van der Waals surface area (Å²) in [6.07, 6.45) is 0.882. The molecule has 0 fully saturated rings. The van der Waals surface area contributed by atoms with E-state index in [0.717, 1.165) is 22.9 Å². The lowest BCUT2D eigenvalue weighted by Gasteiger charge is -2.06. The van der Waals surface area contributed by atoms with Crippen LogP contribution in [0.2, 0.25) is 0 Å². The van der Waals surface area contributed by atoms with Gasteiger partial charge in [-0.15, -0.1) is 11.3 Å². The highest BCUT2D eigenvalue weighted by Gasteiger charge is 2.00. The maximum Gasteiger partial charge on any atom is 0.131 e. The molecule has 0 radical (unpaired) electrons. The molecule has 0 bridgehead atoms. The molecule has 0 spiro atoms. The van der Waals surface area contributed by atoms with Gasteiger partial charge in [-0.25, -0.2) is 4.98 Å². The van der Waals surface area contributed by atoms with Gasteiger partial charge in [-0.05, 0) is 37.6 Å². The molecule has 0 aliphatic rings. The topological polar surface area (TPSA) is 48.1 Å². The van der Waals surface area contributed by atoms with Crippen LogP contribution < -0.4 is 10.5 Å². The molecular formula is C13H16N2OS. The van der Waals surface area contributed by atoms with E-state index in [1.807, 2.05) is 30.5 Å². The first-order valence-electron chi connectivity index (χ1n) is 5.61. The van der Waals surface area contributed by atoms with Crippen molar-refractivity contribution in [1.82, 2.24) is 4.98 Å². The van der Waals surface area contributed by atoms with E-state index >= 15 is 0 Å². The zero-order valence-corrected chi connectivity index (χ0v) is 10.7. The first-order chi connectivity index (χ1) is 8.28. The van der Waals surface area contributed by atoms with Crippen LogP contribution in [0.1, 0.15) is 16.3 Å². The lowest BCUT2D eigenvalue weighted by atomic mass is 10.1. The van der Waals surface area contributed by atoms with Crippen molar-refractivity contribution in [1.29, 1.82) is 0 Å². The summed E-state index contributed by atoms with van der Waals surface area (Å²) in [6, 6.07) is 8.05. The molecule has 4 heteroatoms. The molecular weight excluding hydrogens is 232 g/mol. The Kier molecular flexibility index (Phi) is 4.12. The van der Waals surface area contributed by atoms with E-state index in [4.69, 9.17) is 10.5 Å². The van der Waals surface area contributed by atoms with Crippen molar-refractivity contribution in [2.45, 2.75) is 20.0 Å². The van der Waals surface area contributed by atoms with Gasteiger partial charge in [0.2, 0.25) is 0 Å². The van der Waals surface area contributed by atoms with Crippen LogP contribution in [0.5, 0.6) is 5.75 Å². The van der Waals surface area contributed by atoms with Crippen molar-refractivity contribution in [3.8, 4) is 5.75 Å². The summed E-state index contributed by atoms with van der Waals surface area (Å²) >= 11 is 1.64. The minimum Gasteiger partial charge on any atom is -0.487 e. The van der Waals surface area contributed by atoms with Crippen LogP contribution >= 0.6 is 11.3 Å². The highest BCUT2D eigenvalue weighted by molar-refractivity contribution is 7.09. The summed E-state index contributed by atoms with van der Waals surface area (Å²) < 4.78 is 5.70. The molecule has 0 atom stereocenters. The molecule has 2 rings (SSSR count). The zero-order valence-electron chi connectivity index (χ0n) is 9.85. The molecule has 1 heterocycles. The Hall–Kier alpha value is -1.39. The first-order valence-corrected chi connectivity index (χ1v) is 6.48. The second-order valence-electron chi connectivity index (χ2n) is 3.83. The van der Waals surface area contributed by atoms with Gasteiger partial charge in [-0.3, -0.25) is 0 Å². The third-order valence-electron chi connectivity index (χ3n) is 2.38. The number of hydrogen-bond donors (Lipinski definition) is 1. The van der Waals surface area contributed by atoms with E-state index in [-0.39, 0.29) is 0 Å². The van der Waals surface area contributed by atoms with Gasteiger partial charge >= 0.3 is 0 Å². The number of benzene rings is 1. The average molecular weight is 248 g/mol.